The number of pyridine rings is 1. The minimum absolute atomic E-state index is 0.0173. The van der Waals surface area contributed by atoms with Crippen LogP contribution in [0.15, 0.2) is 35.6 Å². The number of oxime groups is 1. The second-order valence-electron chi connectivity index (χ2n) is 2.58. The average molecular weight is 176 g/mol. The molecule has 0 saturated carbocycles. The Morgan fingerprint density at radius 3 is 3.08 bits per heavy atom. The molecule has 2 aromatic heterocycles. The molecular formula is C8H8N4O. The van der Waals surface area contributed by atoms with E-state index in [0.717, 1.165) is 5.52 Å². The van der Waals surface area contributed by atoms with Gasteiger partial charge in [-0.3, -0.25) is 0 Å². The predicted molar refractivity (Wildman–Crippen MR) is 47.7 cm³/mol. The van der Waals surface area contributed by atoms with E-state index in [0.29, 0.717) is 5.69 Å². The van der Waals surface area contributed by atoms with Crippen LogP contribution in [0, 0.1) is 0 Å². The van der Waals surface area contributed by atoms with Crippen molar-refractivity contribution in [2.24, 2.45) is 10.9 Å². The van der Waals surface area contributed by atoms with Crippen molar-refractivity contribution in [1.29, 1.82) is 0 Å². The third kappa shape index (κ3) is 1.20. The van der Waals surface area contributed by atoms with Gasteiger partial charge in [0.2, 0.25) is 0 Å². The van der Waals surface area contributed by atoms with Crippen LogP contribution in [0.25, 0.3) is 5.52 Å². The third-order valence-corrected chi connectivity index (χ3v) is 1.74. The van der Waals surface area contributed by atoms with Gasteiger partial charge in [0.15, 0.2) is 5.84 Å². The molecule has 0 aromatic carbocycles. The van der Waals surface area contributed by atoms with Gasteiger partial charge in [0.05, 0.1) is 5.52 Å². The fourth-order valence-electron chi connectivity index (χ4n) is 1.11. The Morgan fingerprint density at radius 1 is 1.54 bits per heavy atom. The Kier molecular flexibility index (Phi) is 1.63. The van der Waals surface area contributed by atoms with E-state index in [1.165, 1.54) is 0 Å². The molecule has 66 valence electrons. The summed E-state index contributed by atoms with van der Waals surface area (Å²) in [5.74, 6) is 0.0173. The molecule has 13 heavy (non-hydrogen) atoms. The highest BCUT2D eigenvalue weighted by atomic mass is 16.4. The van der Waals surface area contributed by atoms with Crippen molar-refractivity contribution >= 4 is 11.4 Å². The standard InChI is InChI=1S/C8H8N4O/c9-8(11-13)7-5-6-3-1-2-4-12(6)10-7/h1-5,13H,(H2,9,11). The lowest BCUT2D eigenvalue weighted by molar-refractivity contribution is 0.318. The average Bonchev–Trinajstić information content (AvgIpc) is 2.59. The maximum absolute atomic E-state index is 8.43. The number of hydrogen-bond acceptors (Lipinski definition) is 3. The molecule has 0 bridgehead atoms. The lowest BCUT2D eigenvalue weighted by Crippen LogP contribution is -2.13. The molecule has 0 aliphatic carbocycles. The zero-order chi connectivity index (χ0) is 9.26. The Hall–Kier alpha value is -2.04. The van der Waals surface area contributed by atoms with Crippen LogP contribution >= 0.6 is 0 Å². The van der Waals surface area contributed by atoms with E-state index >= 15 is 0 Å². The molecule has 0 aliphatic heterocycles. The quantitative estimate of drug-likeness (QED) is 0.286. The maximum Gasteiger partial charge on any atom is 0.190 e. The second-order valence-corrected chi connectivity index (χ2v) is 2.58. The van der Waals surface area contributed by atoms with Gasteiger partial charge in [-0.2, -0.15) is 5.10 Å². The lowest BCUT2D eigenvalue weighted by Gasteiger charge is -1.88. The van der Waals surface area contributed by atoms with Gasteiger partial charge in [0.1, 0.15) is 5.69 Å². The van der Waals surface area contributed by atoms with Crippen LogP contribution in [0.2, 0.25) is 0 Å². The van der Waals surface area contributed by atoms with Crippen LogP contribution in [0.5, 0.6) is 0 Å². The summed E-state index contributed by atoms with van der Waals surface area (Å²) in [7, 11) is 0. The number of hydrogen-bond donors (Lipinski definition) is 2. The SMILES string of the molecule is N/C(=N/O)c1cc2ccccn2n1. The fraction of sp³-hybridized carbons (Fsp3) is 0. The van der Waals surface area contributed by atoms with Crippen molar-refractivity contribution in [2.75, 3.05) is 0 Å². The lowest BCUT2D eigenvalue weighted by atomic mass is 10.3. The number of nitrogens with two attached hydrogens (primary N) is 1. The first-order chi connectivity index (χ1) is 6.31. The summed E-state index contributed by atoms with van der Waals surface area (Å²) < 4.78 is 1.66. The van der Waals surface area contributed by atoms with E-state index in [2.05, 4.69) is 10.3 Å². The molecule has 5 heteroatoms. The Morgan fingerprint density at radius 2 is 2.38 bits per heavy atom. The highest BCUT2D eigenvalue weighted by Crippen LogP contribution is 2.04. The number of nitrogens with zero attached hydrogens (tertiary/aromatic N) is 3. The van der Waals surface area contributed by atoms with Gasteiger partial charge in [0.25, 0.3) is 0 Å². The largest absolute Gasteiger partial charge is 0.409 e. The summed E-state index contributed by atoms with van der Waals surface area (Å²) in [6, 6.07) is 7.39. The highest BCUT2D eigenvalue weighted by molar-refractivity contribution is 5.96. The first-order valence-electron chi connectivity index (χ1n) is 3.73. The predicted octanol–water partition coefficient (Wildman–Crippen LogP) is 0.429. The number of amidine groups is 1. The Bertz CT molecular complexity index is 427. The summed E-state index contributed by atoms with van der Waals surface area (Å²) in [4.78, 5) is 0. The van der Waals surface area contributed by atoms with Crippen molar-refractivity contribution < 1.29 is 5.21 Å². The molecule has 0 amide bonds. The van der Waals surface area contributed by atoms with E-state index in [9.17, 15) is 0 Å². The smallest absolute Gasteiger partial charge is 0.190 e. The first-order valence-corrected chi connectivity index (χ1v) is 3.73. The summed E-state index contributed by atoms with van der Waals surface area (Å²) in [5.41, 5.74) is 6.76. The fourth-order valence-corrected chi connectivity index (χ4v) is 1.11. The Labute approximate surface area is 74.1 Å². The van der Waals surface area contributed by atoms with Crippen molar-refractivity contribution in [2.45, 2.75) is 0 Å². The molecule has 5 nitrogen and oxygen atoms in total. The zero-order valence-corrected chi connectivity index (χ0v) is 6.75. The van der Waals surface area contributed by atoms with Crippen LogP contribution in [-0.4, -0.2) is 20.7 Å². The van der Waals surface area contributed by atoms with Gasteiger partial charge >= 0.3 is 0 Å². The van der Waals surface area contributed by atoms with E-state index in [-0.39, 0.29) is 5.84 Å². The molecule has 2 heterocycles. The number of fused-ring (bicyclic) bond motifs is 1. The molecule has 2 aromatic rings. The maximum atomic E-state index is 8.43. The minimum atomic E-state index is 0.0173. The van der Waals surface area contributed by atoms with E-state index < -0.39 is 0 Å². The van der Waals surface area contributed by atoms with Gasteiger partial charge in [0, 0.05) is 6.20 Å². The summed E-state index contributed by atoms with van der Waals surface area (Å²) in [6.07, 6.45) is 1.80. The van der Waals surface area contributed by atoms with Crippen molar-refractivity contribution in [1.82, 2.24) is 9.61 Å². The Balaban J connectivity index is 2.62. The summed E-state index contributed by atoms with van der Waals surface area (Å²) >= 11 is 0. The number of aromatic nitrogens is 2. The van der Waals surface area contributed by atoms with Crippen molar-refractivity contribution in [3.8, 4) is 0 Å². The zero-order valence-electron chi connectivity index (χ0n) is 6.75. The molecule has 0 aliphatic rings. The van der Waals surface area contributed by atoms with Gasteiger partial charge in [-0.1, -0.05) is 11.2 Å². The summed E-state index contributed by atoms with van der Waals surface area (Å²) in [5, 5.41) is 15.4. The molecule has 0 unspecified atom stereocenters. The van der Waals surface area contributed by atoms with E-state index in [1.807, 2.05) is 18.2 Å². The molecule has 0 atom stereocenters. The summed E-state index contributed by atoms with van der Waals surface area (Å²) in [6.45, 7) is 0. The van der Waals surface area contributed by atoms with Crippen molar-refractivity contribution in [3.63, 3.8) is 0 Å². The van der Waals surface area contributed by atoms with Crippen LogP contribution in [0.3, 0.4) is 0 Å². The van der Waals surface area contributed by atoms with E-state index in [4.69, 9.17) is 10.9 Å². The molecule has 0 radical (unpaired) electrons. The second kappa shape index (κ2) is 2.78. The molecule has 0 fully saturated rings. The van der Waals surface area contributed by atoms with E-state index in [1.54, 1.807) is 16.8 Å². The van der Waals surface area contributed by atoms with Crippen LogP contribution in [-0.2, 0) is 0 Å². The van der Waals surface area contributed by atoms with Gasteiger partial charge in [-0.25, -0.2) is 4.52 Å². The molecule has 0 saturated heterocycles. The topological polar surface area (TPSA) is 75.9 Å². The van der Waals surface area contributed by atoms with Crippen LogP contribution in [0.4, 0.5) is 0 Å². The van der Waals surface area contributed by atoms with Gasteiger partial charge in [-0.05, 0) is 18.2 Å². The minimum Gasteiger partial charge on any atom is -0.409 e. The van der Waals surface area contributed by atoms with Crippen LogP contribution in [0.1, 0.15) is 5.69 Å². The van der Waals surface area contributed by atoms with Gasteiger partial charge < -0.3 is 10.9 Å². The monoisotopic (exact) mass is 176 g/mol. The molecular weight excluding hydrogens is 168 g/mol. The van der Waals surface area contributed by atoms with Gasteiger partial charge in [-0.15, -0.1) is 0 Å². The molecule has 0 spiro atoms. The highest BCUT2D eigenvalue weighted by Gasteiger charge is 2.04. The normalized spacial score (nSPS) is 12.2. The molecule has 3 N–H and O–H groups in total. The van der Waals surface area contributed by atoms with Crippen molar-refractivity contribution in [3.05, 3.63) is 36.2 Å². The first kappa shape index (κ1) is 7.60. The third-order valence-electron chi connectivity index (χ3n) is 1.74. The van der Waals surface area contributed by atoms with Crippen LogP contribution < -0.4 is 5.73 Å². The molecule has 2 rings (SSSR count). The number of rotatable bonds is 1.